The Labute approximate surface area is 203 Å². The van der Waals surface area contributed by atoms with Gasteiger partial charge in [0.05, 0.1) is 0 Å². The summed E-state index contributed by atoms with van der Waals surface area (Å²) in [5.74, 6) is 0. The predicted molar refractivity (Wildman–Crippen MR) is 149 cm³/mol. The summed E-state index contributed by atoms with van der Waals surface area (Å²) in [6, 6.07) is 27.2. The van der Waals surface area contributed by atoms with Gasteiger partial charge < -0.3 is 0 Å². The lowest BCUT2D eigenvalue weighted by Gasteiger charge is -2.36. The van der Waals surface area contributed by atoms with Gasteiger partial charge in [-0.3, -0.25) is 0 Å². The molecule has 0 N–H and O–H groups in total. The SMILES string of the molecule is CC.CCC=C(CC)C(CC)(CC)c1cccc(-c2ccccc2-c2cccc(CC)c2)c1. The van der Waals surface area contributed by atoms with Crippen LogP contribution in [0.3, 0.4) is 0 Å². The van der Waals surface area contributed by atoms with Crippen LogP contribution in [0.1, 0.15) is 85.3 Å². The van der Waals surface area contributed by atoms with E-state index >= 15 is 0 Å². The third kappa shape index (κ3) is 5.85. The largest absolute Gasteiger partial charge is 0.0847 e. The van der Waals surface area contributed by atoms with Crippen molar-refractivity contribution in [3.63, 3.8) is 0 Å². The van der Waals surface area contributed by atoms with Crippen molar-refractivity contribution >= 4 is 0 Å². The van der Waals surface area contributed by atoms with Crippen molar-refractivity contribution in [1.29, 1.82) is 0 Å². The number of rotatable bonds is 9. The molecule has 0 aromatic heterocycles. The Bertz CT molecular complexity index is 1020. The van der Waals surface area contributed by atoms with Gasteiger partial charge in [0.25, 0.3) is 0 Å². The maximum absolute atomic E-state index is 2.46. The van der Waals surface area contributed by atoms with Crippen LogP contribution < -0.4 is 0 Å². The lowest BCUT2D eigenvalue weighted by Crippen LogP contribution is -2.27. The highest BCUT2D eigenvalue weighted by Gasteiger charge is 2.31. The Hall–Kier alpha value is -2.60. The topological polar surface area (TPSA) is 0 Å². The van der Waals surface area contributed by atoms with E-state index < -0.39 is 0 Å². The van der Waals surface area contributed by atoms with Gasteiger partial charge >= 0.3 is 0 Å². The summed E-state index contributed by atoms with van der Waals surface area (Å²) in [5.41, 5.74) is 9.79. The molecule has 3 aromatic carbocycles. The standard InChI is InChI=1S/C31H38.C2H6/c1-6-15-27(8-3)31(9-4,10-5)28-19-14-18-26(23-28)30-21-12-11-20-29(30)25-17-13-16-24(7-2)22-25;1-2/h11-23H,6-10H2,1-5H3;1-2H3. The van der Waals surface area contributed by atoms with Crippen molar-refractivity contribution in [2.24, 2.45) is 0 Å². The van der Waals surface area contributed by atoms with E-state index in [4.69, 9.17) is 0 Å². The second-order valence-electron chi connectivity index (χ2n) is 8.46. The molecule has 0 nitrogen and oxygen atoms in total. The lowest BCUT2D eigenvalue weighted by atomic mass is 9.68. The lowest BCUT2D eigenvalue weighted by molar-refractivity contribution is 0.454. The summed E-state index contributed by atoms with van der Waals surface area (Å²) in [5, 5.41) is 0. The van der Waals surface area contributed by atoms with Crippen molar-refractivity contribution in [3.8, 4) is 22.3 Å². The molecule has 3 rings (SSSR count). The minimum Gasteiger partial charge on any atom is -0.0847 e. The van der Waals surface area contributed by atoms with E-state index in [0.717, 1.165) is 32.1 Å². The molecule has 0 aliphatic heterocycles. The summed E-state index contributed by atoms with van der Waals surface area (Å²) in [4.78, 5) is 0. The summed E-state index contributed by atoms with van der Waals surface area (Å²) >= 11 is 0. The predicted octanol–water partition coefficient (Wildman–Crippen LogP) is 10.4. The van der Waals surface area contributed by atoms with Gasteiger partial charge in [0.2, 0.25) is 0 Å². The zero-order valence-electron chi connectivity index (χ0n) is 22.0. The fraction of sp³-hybridized carbons (Fsp3) is 0.394. The Balaban J connectivity index is 0.00000187. The van der Waals surface area contributed by atoms with Gasteiger partial charge in [0.1, 0.15) is 0 Å². The van der Waals surface area contributed by atoms with Gasteiger partial charge in [-0.15, -0.1) is 0 Å². The summed E-state index contributed by atoms with van der Waals surface area (Å²) < 4.78 is 0. The van der Waals surface area contributed by atoms with E-state index in [-0.39, 0.29) is 5.41 Å². The molecule has 0 saturated carbocycles. The van der Waals surface area contributed by atoms with Crippen LogP contribution in [-0.2, 0) is 11.8 Å². The molecule has 3 aromatic rings. The van der Waals surface area contributed by atoms with Crippen molar-refractivity contribution in [2.45, 2.75) is 86.0 Å². The van der Waals surface area contributed by atoms with E-state index in [0.29, 0.717) is 0 Å². The molecule has 0 heterocycles. The molecule has 0 unspecified atom stereocenters. The number of hydrogen-bond acceptors (Lipinski definition) is 0. The van der Waals surface area contributed by atoms with Crippen LogP contribution in [-0.4, -0.2) is 0 Å². The first-order valence-electron chi connectivity index (χ1n) is 13.1. The summed E-state index contributed by atoms with van der Waals surface area (Å²) in [7, 11) is 0. The molecule has 0 spiro atoms. The Morgan fingerprint density at radius 1 is 0.697 bits per heavy atom. The molecule has 0 atom stereocenters. The van der Waals surface area contributed by atoms with Gasteiger partial charge in [-0.1, -0.05) is 133 Å². The molecule has 0 bridgehead atoms. The maximum Gasteiger partial charge on any atom is 0.0156 e. The van der Waals surface area contributed by atoms with Crippen LogP contribution >= 0.6 is 0 Å². The van der Waals surface area contributed by atoms with Crippen molar-refractivity contribution < 1.29 is 0 Å². The fourth-order valence-electron chi connectivity index (χ4n) is 5.15. The van der Waals surface area contributed by atoms with Crippen LogP contribution in [0.4, 0.5) is 0 Å². The molecule has 0 amide bonds. The van der Waals surface area contributed by atoms with Crippen LogP contribution in [0.5, 0.6) is 0 Å². The Morgan fingerprint density at radius 2 is 1.27 bits per heavy atom. The van der Waals surface area contributed by atoms with Crippen LogP contribution in [0, 0.1) is 0 Å². The van der Waals surface area contributed by atoms with Gasteiger partial charge in [0.15, 0.2) is 0 Å². The monoisotopic (exact) mass is 440 g/mol. The van der Waals surface area contributed by atoms with Gasteiger partial charge in [-0.25, -0.2) is 0 Å². The van der Waals surface area contributed by atoms with E-state index in [1.54, 1.807) is 5.57 Å². The Morgan fingerprint density at radius 3 is 1.79 bits per heavy atom. The number of aryl methyl sites for hydroxylation is 1. The zero-order chi connectivity index (χ0) is 24.3. The van der Waals surface area contributed by atoms with Crippen molar-refractivity contribution in [3.05, 3.63) is 95.6 Å². The summed E-state index contributed by atoms with van der Waals surface area (Å²) in [6.45, 7) is 15.5. The minimum atomic E-state index is 0.123. The highest BCUT2D eigenvalue weighted by molar-refractivity contribution is 5.84. The van der Waals surface area contributed by atoms with E-state index in [2.05, 4.69) is 113 Å². The second kappa shape index (κ2) is 13.2. The highest BCUT2D eigenvalue weighted by atomic mass is 14.4. The first kappa shape index (κ1) is 26.7. The third-order valence-electron chi connectivity index (χ3n) is 6.95. The van der Waals surface area contributed by atoms with Crippen LogP contribution in [0.25, 0.3) is 22.3 Å². The smallest absolute Gasteiger partial charge is 0.0156 e. The first-order valence-corrected chi connectivity index (χ1v) is 13.1. The fourth-order valence-corrected chi connectivity index (χ4v) is 5.15. The maximum atomic E-state index is 2.46. The molecule has 0 aliphatic rings. The molecule has 0 aliphatic carbocycles. The van der Waals surface area contributed by atoms with Gasteiger partial charge in [0, 0.05) is 5.41 Å². The molecule has 0 saturated heterocycles. The average Bonchev–Trinajstić information content (AvgIpc) is 2.90. The molecule has 0 fully saturated rings. The zero-order valence-corrected chi connectivity index (χ0v) is 22.0. The molecule has 176 valence electrons. The first-order chi connectivity index (χ1) is 16.1. The number of hydrogen-bond donors (Lipinski definition) is 0. The van der Waals surface area contributed by atoms with E-state index in [9.17, 15) is 0 Å². The number of benzene rings is 3. The van der Waals surface area contributed by atoms with E-state index in [1.807, 2.05) is 13.8 Å². The summed E-state index contributed by atoms with van der Waals surface area (Å²) in [6.07, 6.45) is 8.00. The van der Waals surface area contributed by atoms with Gasteiger partial charge in [-0.05, 0) is 65.5 Å². The van der Waals surface area contributed by atoms with Crippen LogP contribution in [0.2, 0.25) is 0 Å². The number of allylic oxidation sites excluding steroid dienone is 2. The Kier molecular flexibility index (Phi) is 10.7. The molecule has 0 heteroatoms. The van der Waals surface area contributed by atoms with Crippen molar-refractivity contribution in [1.82, 2.24) is 0 Å². The van der Waals surface area contributed by atoms with Crippen molar-refractivity contribution in [2.75, 3.05) is 0 Å². The highest BCUT2D eigenvalue weighted by Crippen LogP contribution is 2.42. The molecular formula is C33H44. The quantitative estimate of drug-likeness (QED) is 0.290. The average molecular weight is 441 g/mol. The third-order valence-corrected chi connectivity index (χ3v) is 6.95. The second-order valence-corrected chi connectivity index (χ2v) is 8.46. The molecular weight excluding hydrogens is 396 g/mol. The molecule has 33 heavy (non-hydrogen) atoms. The van der Waals surface area contributed by atoms with Crippen LogP contribution in [0.15, 0.2) is 84.4 Å². The van der Waals surface area contributed by atoms with E-state index in [1.165, 1.54) is 33.4 Å². The normalized spacial score (nSPS) is 11.7. The van der Waals surface area contributed by atoms with Gasteiger partial charge in [-0.2, -0.15) is 0 Å². The minimum absolute atomic E-state index is 0.123. The molecule has 0 radical (unpaired) electrons.